The van der Waals surface area contributed by atoms with Crippen molar-refractivity contribution in [3.8, 4) is 0 Å². The molecule has 1 saturated heterocycles. The van der Waals surface area contributed by atoms with Gasteiger partial charge in [-0.3, -0.25) is 14.4 Å². The molecule has 0 aliphatic carbocycles. The van der Waals surface area contributed by atoms with Crippen molar-refractivity contribution in [2.75, 3.05) is 5.32 Å². The van der Waals surface area contributed by atoms with Crippen LogP contribution in [0.1, 0.15) is 42.8 Å². The number of thiophene rings is 1. The number of carbonyl (C=O) groups is 3. The Bertz CT molecular complexity index is 1650. The van der Waals surface area contributed by atoms with Crippen molar-refractivity contribution in [3.05, 3.63) is 129 Å². The van der Waals surface area contributed by atoms with Crippen molar-refractivity contribution >= 4 is 52.2 Å². The second kappa shape index (κ2) is 8.51. The number of hydrogen-bond acceptors (Lipinski definition) is 5. The number of amides is 1. The van der Waals surface area contributed by atoms with E-state index in [1.165, 1.54) is 11.3 Å². The normalized spacial score (nSPS) is 24.6. The van der Waals surface area contributed by atoms with Gasteiger partial charge in [0.1, 0.15) is 11.5 Å². The van der Waals surface area contributed by atoms with Crippen molar-refractivity contribution in [1.29, 1.82) is 0 Å². The van der Waals surface area contributed by atoms with Gasteiger partial charge in [0.15, 0.2) is 11.6 Å². The van der Waals surface area contributed by atoms with E-state index in [9.17, 15) is 14.4 Å². The van der Waals surface area contributed by atoms with Gasteiger partial charge >= 0.3 is 0 Å². The predicted octanol–water partition coefficient (Wildman–Crippen LogP) is 6.38. The van der Waals surface area contributed by atoms with Crippen LogP contribution in [0.25, 0.3) is 6.08 Å². The van der Waals surface area contributed by atoms with Gasteiger partial charge in [-0.05, 0) is 64.5 Å². The van der Waals surface area contributed by atoms with Crippen LogP contribution in [-0.2, 0) is 10.2 Å². The Labute approximate surface area is 228 Å². The lowest BCUT2D eigenvalue weighted by Gasteiger charge is -2.38. The highest BCUT2D eigenvalue weighted by Gasteiger charge is 2.70. The number of ketones is 2. The first kappa shape index (κ1) is 23.1. The zero-order valence-electron chi connectivity index (χ0n) is 20.0. The average Bonchev–Trinajstić information content (AvgIpc) is 3.65. The van der Waals surface area contributed by atoms with Crippen LogP contribution < -0.4 is 5.32 Å². The van der Waals surface area contributed by atoms with Crippen LogP contribution in [0.5, 0.6) is 0 Å². The van der Waals surface area contributed by atoms with E-state index in [4.69, 9.17) is 11.6 Å². The molecule has 3 aliphatic rings. The fraction of sp³-hybridized carbons (Fsp3) is 0.129. The summed E-state index contributed by atoms with van der Waals surface area (Å²) >= 11 is 7.49. The molecule has 4 aromatic rings. The highest BCUT2D eigenvalue weighted by Crippen LogP contribution is 2.62. The first-order valence-corrected chi connectivity index (χ1v) is 13.6. The van der Waals surface area contributed by atoms with Crippen LogP contribution >= 0.6 is 22.9 Å². The van der Waals surface area contributed by atoms with E-state index in [1.807, 2.05) is 77.2 Å². The van der Waals surface area contributed by atoms with Gasteiger partial charge in [-0.25, -0.2) is 0 Å². The molecule has 1 fully saturated rings. The minimum Gasteiger partial charge on any atom is -0.358 e. The van der Waals surface area contributed by atoms with E-state index in [0.717, 1.165) is 16.7 Å². The number of hydrogen-bond donors (Lipinski definition) is 1. The Hall–Kier alpha value is -4.00. The van der Waals surface area contributed by atoms with Gasteiger partial charge in [-0.2, -0.15) is 0 Å². The molecule has 0 saturated carbocycles. The number of para-hydroxylation sites is 1. The summed E-state index contributed by atoms with van der Waals surface area (Å²) in [7, 11) is 0. The van der Waals surface area contributed by atoms with Crippen LogP contribution in [0.15, 0.2) is 96.5 Å². The largest absolute Gasteiger partial charge is 0.358 e. The third-order valence-corrected chi connectivity index (χ3v) is 9.15. The number of fused-ring (bicyclic) bond motifs is 6. The number of benzene rings is 3. The second-order valence-corrected chi connectivity index (χ2v) is 11.2. The maximum atomic E-state index is 14.6. The van der Waals surface area contributed by atoms with Crippen molar-refractivity contribution in [2.24, 2.45) is 5.92 Å². The molecule has 0 bridgehead atoms. The number of rotatable bonds is 4. The molecule has 3 aliphatic heterocycles. The summed E-state index contributed by atoms with van der Waals surface area (Å²) < 4.78 is 0. The Morgan fingerprint density at radius 3 is 2.45 bits per heavy atom. The lowest BCUT2D eigenvalue weighted by molar-refractivity contribution is -0.122. The Morgan fingerprint density at radius 2 is 1.66 bits per heavy atom. The molecule has 0 unspecified atom stereocenters. The van der Waals surface area contributed by atoms with Crippen molar-refractivity contribution < 1.29 is 14.4 Å². The second-order valence-electron chi connectivity index (χ2n) is 9.80. The molecule has 0 radical (unpaired) electrons. The number of halogens is 1. The van der Waals surface area contributed by atoms with Gasteiger partial charge in [0.05, 0.1) is 16.8 Å². The minimum absolute atomic E-state index is 0.171. The standard InChI is InChI=1S/C31H21ClN2O3S/c32-20-13-11-19(12-14-20)27(35)25-26(28(36)24-10-5-17-38-24)34-16-15-18-6-1-2-7-21(18)29(34)31(25)22-8-3-4-9-23(22)33-30(31)37/h1-17,25-26,29H,(H,33,37)/t25-,26+,29-,31-/m1/s1. The monoisotopic (exact) mass is 536 g/mol. The average molecular weight is 537 g/mol. The molecule has 1 aromatic heterocycles. The summed E-state index contributed by atoms with van der Waals surface area (Å²) in [4.78, 5) is 45.7. The molecule has 186 valence electrons. The number of nitrogens with one attached hydrogen (secondary N) is 1. The van der Waals surface area contributed by atoms with Crippen molar-refractivity contribution in [2.45, 2.75) is 17.5 Å². The summed E-state index contributed by atoms with van der Waals surface area (Å²) in [5.74, 6) is -1.69. The number of Topliss-reactive ketones (excluding diaryl/α,β-unsaturated/α-hetero) is 2. The van der Waals surface area contributed by atoms with Crippen LogP contribution in [0, 0.1) is 5.92 Å². The Kier molecular flexibility index (Phi) is 5.18. The van der Waals surface area contributed by atoms with Gasteiger partial charge in [0, 0.05) is 22.5 Å². The zero-order chi connectivity index (χ0) is 26.0. The Morgan fingerprint density at radius 1 is 0.895 bits per heavy atom. The van der Waals surface area contributed by atoms with Gasteiger partial charge in [0.2, 0.25) is 5.91 Å². The van der Waals surface area contributed by atoms with Gasteiger partial charge in [-0.1, -0.05) is 60.1 Å². The van der Waals surface area contributed by atoms with E-state index in [2.05, 4.69) is 5.32 Å². The summed E-state index contributed by atoms with van der Waals surface area (Å²) in [6, 6.07) is 24.2. The number of carbonyl (C=O) groups excluding carboxylic acids is 3. The van der Waals surface area contributed by atoms with Gasteiger partial charge in [0.25, 0.3) is 0 Å². The lowest BCUT2D eigenvalue weighted by atomic mass is 9.63. The highest BCUT2D eigenvalue weighted by atomic mass is 35.5. The molecule has 5 nitrogen and oxygen atoms in total. The summed E-state index contributed by atoms with van der Waals surface area (Å²) in [5.41, 5.74) is 2.37. The van der Waals surface area contributed by atoms with Crippen LogP contribution in [0.4, 0.5) is 5.69 Å². The SMILES string of the molecule is O=C(c1cccs1)[C@@H]1[C@H](C(=O)c2ccc(Cl)cc2)[C@@]2(C(=O)Nc3ccccc32)[C@H]2c3ccccc3C=CN12. The first-order chi connectivity index (χ1) is 18.5. The fourth-order valence-corrected chi connectivity index (χ4v) is 7.35. The maximum absolute atomic E-state index is 14.6. The highest BCUT2D eigenvalue weighted by molar-refractivity contribution is 7.12. The third-order valence-electron chi connectivity index (χ3n) is 8.01. The molecule has 1 N–H and O–H groups in total. The molecule has 4 atom stereocenters. The van der Waals surface area contributed by atoms with E-state index in [1.54, 1.807) is 30.3 Å². The fourth-order valence-electron chi connectivity index (χ4n) is 6.53. The molecular formula is C31H21ClN2O3S. The smallest absolute Gasteiger partial charge is 0.238 e. The lowest BCUT2D eigenvalue weighted by Crippen LogP contribution is -2.49. The summed E-state index contributed by atoms with van der Waals surface area (Å²) in [6.45, 7) is 0. The predicted molar refractivity (Wildman–Crippen MR) is 149 cm³/mol. The minimum atomic E-state index is -1.33. The Balaban J connectivity index is 1.55. The molecule has 7 rings (SSSR count). The van der Waals surface area contributed by atoms with Crippen molar-refractivity contribution in [3.63, 3.8) is 0 Å². The first-order valence-electron chi connectivity index (χ1n) is 12.3. The molecule has 4 heterocycles. The van der Waals surface area contributed by atoms with Gasteiger partial charge in [-0.15, -0.1) is 11.3 Å². The van der Waals surface area contributed by atoms with Gasteiger partial charge < -0.3 is 10.2 Å². The van der Waals surface area contributed by atoms with Crippen LogP contribution in [0.2, 0.25) is 5.02 Å². The third kappa shape index (κ3) is 3.08. The molecular weight excluding hydrogens is 516 g/mol. The summed E-state index contributed by atoms with van der Waals surface area (Å²) in [6.07, 6.45) is 3.84. The van der Waals surface area contributed by atoms with Crippen LogP contribution in [0.3, 0.4) is 0 Å². The molecule has 3 aromatic carbocycles. The van der Waals surface area contributed by atoms with E-state index in [0.29, 0.717) is 21.2 Å². The number of nitrogens with zero attached hydrogens (tertiary/aromatic N) is 1. The van der Waals surface area contributed by atoms with Crippen molar-refractivity contribution in [1.82, 2.24) is 4.90 Å². The van der Waals surface area contributed by atoms with E-state index in [-0.39, 0.29) is 17.5 Å². The molecule has 38 heavy (non-hydrogen) atoms. The van der Waals surface area contributed by atoms with E-state index < -0.39 is 23.4 Å². The zero-order valence-corrected chi connectivity index (χ0v) is 21.6. The quantitative estimate of drug-likeness (QED) is 0.307. The topological polar surface area (TPSA) is 66.5 Å². The molecule has 7 heteroatoms. The maximum Gasteiger partial charge on any atom is 0.238 e. The molecule has 1 amide bonds. The van der Waals surface area contributed by atoms with E-state index >= 15 is 0 Å². The summed E-state index contributed by atoms with van der Waals surface area (Å²) in [5, 5.41) is 5.42. The number of anilines is 1. The molecule has 1 spiro atoms. The van der Waals surface area contributed by atoms with Crippen LogP contribution in [-0.4, -0.2) is 28.4 Å².